The molecule has 3 N–H and O–H groups in total. The fourth-order valence-electron chi connectivity index (χ4n) is 2.34. The lowest BCUT2D eigenvalue weighted by Crippen LogP contribution is -2.57. The number of piperidine rings is 1. The summed E-state index contributed by atoms with van der Waals surface area (Å²) in [6.07, 6.45) is 8.58. The van der Waals surface area contributed by atoms with Crippen molar-refractivity contribution in [2.24, 2.45) is 0 Å². The van der Waals surface area contributed by atoms with Gasteiger partial charge in [0.1, 0.15) is 5.82 Å². The van der Waals surface area contributed by atoms with Crippen LogP contribution in [0.25, 0.3) is 0 Å². The van der Waals surface area contributed by atoms with Gasteiger partial charge in [0.05, 0.1) is 5.54 Å². The monoisotopic (exact) mass is 250 g/mol. The predicted molar refractivity (Wildman–Crippen MR) is 70.2 cm³/mol. The molecule has 1 unspecified atom stereocenters. The number of aromatic amines is 1. The Morgan fingerprint density at radius 1 is 1.56 bits per heavy atom. The second kappa shape index (κ2) is 6.00. The fourth-order valence-corrected chi connectivity index (χ4v) is 2.34. The quantitative estimate of drug-likeness (QED) is 0.683. The number of amides is 1. The van der Waals surface area contributed by atoms with Crippen LogP contribution >= 0.6 is 0 Å². The van der Waals surface area contributed by atoms with Crippen molar-refractivity contribution >= 4 is 5.91 Å². The Bertz CT molecular complexity index is 368. The van der Waals surface area contributed by atoms with Crippen LogP contribution in [0.1, 0.15) is 38.4 Å². The van der Waals surface area contributed by atoms with Crippen LogP contribution in [0.15, 0.2) is 12.4 Å². The van der Waals surface area contributed by atoms with E-state index in [1.807, 2.05) is 13.1 Å². The molecule has 0 saturated carbocycles. The zero-order valence-corrected chi connectivity index (χ0v) is 11.0. The van der Waals surface area contributed by atoms with Gasteiger partial charge in [0.2, 0.25) is 5.91 Å². The molecule has 1 aromatic rings. The van der Waals surface area contributed by atoms with E-state index in [0.29, 0.717) is 6.54 Å². The SMILES string of the molecule is CC1(C(=O)NCCCc2ncc[nH]2)CCCCN1. The van der Waals surface area contributed by atoms with Crippen molar-refractivity contribution in [1.29, 1.82) is 0 Å². The largest absolute Gasteiger partial charge is 0.354 e. The summed E-state index contributed by atoms with van der Waals surface area (Å²) in [4.78, 5) is 19.3. The van der Waals surface area contributed by atoms with Gasteiger partial charge in [-0.25, -0.2) is 4.98 Å². The highest BCUT2D eigenvalue weighted by molar-refractivity contribution is 5.85. The number of hydrogen-bond acceptors (Lipinski definition) is 3. The maximum atomic E-state index is 12.1. The minimum Gasteiger partial charge on any atom is -0.354 e. The molecule has 1 saturated heterocycles. The zero-order valence-electron chi connectivity index (χ0n) is 11.0. The molecule has 1 aliphatic heterocycles. The summed E-state index contributed by atoms with van der Waals surface area (Å²) in [6, 6.07) is 0. The molecular formula is C13H22N4O. The van der Waals surface area contributed by atoms with Gasteiger partial charge in [-0.2, -0.15) is 0 Å². The third-order valence-electron chi connectivity index (χ3n) is 3.55. The summed E-state index contributed by atoms with van der Waals surface area (Å²) in [5, 5.41) is 6.33. The van der Waals surface area contributed by atoms with Crippen LogP contribution in [0.2, 0.25) is 0 Å². The molecule has 2 rings (SSSR count). The Balaban J connectivity index is 1.68. The Morgan fingerprint density at radius 3 is 3.11 bits per heavy atom. The molecule has 5 heteroatoms. The molecule has 1 amide bonds. The average molecular weight is 250 g/mol. The van der Waals surface area contributed by atoms with Crippen molar-refractivity contribution < 1.29 is 4.79 Å². The molecule has 0 radical (unpaired) electrons. The number of hydrogen-bond donors (Lipinski definition) is 3. The Kier molecular flexibility index (Phi) is 4.36. The molecule has 0 aliphatic carbocycles. The molecule has 5 nitrogen and oxygen atoms in total. The van der Waals surface area contributed by atoms with Gasteiger partial charge in [0, 0.05) is 25.4 Å². The lowest BCUT2D eigenvalue weighted by atomic mass is 9.90. The molecule has 0 spiro atoms. The summed E-state index contributed by atoms with van der Waals surface area (Å²) in [6.45, 7) is 3.64. The van der Waals surface area contributed by atoms with E-state index in [1.165, 1.54) is 6.42 Å². The van der Waals surface area contributed by atoms with Crippen LogP contribution in [0, 0.1) is 0 Å². The molecule has 2 heterocycles. The highest BCUT2D eigenvalue weighted by Crippen LogP contribution is 2.18. The van der Waals surface area contributed by atoms with Crippen LogP contribution in [0.4, 0.5) is 0 Å². The van der Waals surface area contributed by atoms with E-state index in [2.05, 4.69) is 20.6 Å². The minimum atomic E-state index is -0.372. The number of imidazole rings is 1. The molecule has 1 aromatic heterocycles. The van der Waals surface area contributed by atoms with E-state index < -0.39 is 0 Å². The number of nitrogens with one attached hydrogen (secondary N) is 3. The topological polar surface area (TPSA) is 69.8 Å². The average Bonchev–Trinajstić information content (AvgIpc) is 2.88. The highest BCUT2D eigenvalue weighted by Gasteiger charge is 2.33. The fraction of sp³-hybridized carbons (Fsp3) is 0.692. The maximum absolute atomic E-state index is 12.1. The predicted octanol–water partition coefficient (Wildman–Crippen LogP) is 0.991. The van der Waals surface area contributed by atoms with Gasteiger partial charge in [0.15, 0.2) is 0 Å². The van der Waals surface area contributed by atoms with Crippen LogP contribution in [-0.2, 0) is 11.2 Å². The van der Waals surface area contributed by atoms with Gasteiger partial charge >= 0.3 is 0 Å². The Labute approximate surface area is 108 Å². The van der Waals surface area contributed by atoms with Crippen molar-refractivity contribution in [1.82, 2.24) is 20.6 Å². The Morgan fingerprint density at radius 2 is 2.44 bits per heavy atom. The minimum absolute atomic E-state index is 0.127. The normalized spacial score (nSPS) is 23.8. The van der Waals surface area contributed by atoms with E-state index in [4.69, 9.17) is 0 Å². The van der Waals surface area contributed by atoms with Crippen molar-refractivity contribution in [3.63, 3.8) is 0 Å². The third-order valence-corrected chi connectivity index (χ3v) is 3.55. The van der Waals surface area contributed by atoms with Crippen LogP contribution in [0.5, 0.6) is 0 Å². The lowest BCUT2D eigenvalue weighted by Gasteiger charge is -2.33. The Hall–Kier alpha value is -1.36. The molecule has 1 fully saturated rings. The number of aryl methyl sites for hydroxylation is 1. The van der Waals surface area contributed by atoms with Crippen molar-refractivity contribution in [3.05, 3.63) is 18.2 Å². The molecule has 100 valence electrons. The van der Waals surface area contributed by atoms with Gasteiger partial charge in [0.25, 0.3) is 0 Å². The smallest absolute Gasteiger partial charge is 0.240 e. The first kappa shape index (κ1) is 13.1. The molecule has 1 atom stereocenters. The second-order valence-electron chi connectivity index (χ2n) is 5.11. The van der Waals surface area contributed by atoms with Gasteiger partial charge in [-0.3, -0.25) is 4.79 Å². The summed E-state index contributed by atoms with van der Waals surface area (Å²) in [7, 11) is 0. The van der Waals surface area contributed by atoms with Gasteiger partial charge < -0.3 is 15.6 Å². The van der Waals surface area contributed by atoms with E-state index >= 15 is 0 Å². The number of nitrogens with zero attached hydrogens (tertiary/aromatic N) is 1. The van der Waals surface area contributed by atoms with Crippen molar-refractivity contribution in [2.75, 3.05) is 13.1 Å². The number of carbonyl (C=O) groups excluding carboxylic acids is 1. The molecule has 18 heavy (non-hydrogen) atoms. The van der Waals surface area contributed by atoms with Crippen molar-refractivity contribution in [2.45, 2.75) is 44.6 Å². The molecular weight excluding hydrogens is 228 g/mol. The van der Waals surface area contributed by atoms with E-state index in [0.717, 1.165) is 38.1 Å². The first-order valence-electron chi connectivity index (χ1n) is 6.72. The summed E-state index contributed by atoms with van der Waals surface area (Å²) >= 11 is 0. The summed E-state index contributed by atoms with van der Waals surface area (Å²) in [5.74, 6) is 1.10. The van der Waals surface area contributed by atoms with Crippen LogP contribution < -0.4 is 10.6 Å². The van der Waals surface area contributed by atoms with E-state index in [9.17, 15) is 4.79 Å². The number of rotatable bonds is 5. The number of carbonyl (C=O) groups is 1. The first-order valence-corrected chi connectivity index (χ1v) is 6.72. The van der Waals surface area contributed by atoms with Gasteiger partial charge in [-0.05, 0) is 39.2 Å². The summed E-state index contributed by atoms with van der Waals surface area (Å²) in [5.41, 5.74) is -0.372. The first-order chi connectivity index (χ1) is 8.71. The second-order valence-corrected chi connectivity index (χ2v) is 5.11. The number of aromatic nitrogens is 2. The number of H-pyrrole nitrogens is 1. The van der Waals surface area contributed by atoms with E-state index in [1.54, 1.807) is 6.20 Å². The van der Waals surface area contributed by atoms with E-state index in [-0.39, 0.29) is 11.4 Å². The highest BCUT2D eigenvalue weighted by atomic mass is 16.2. The standard InChI is InChI=1S/C13H22N4O/c1-13(6-2-3-8-17-13)12(18)16-7-4-5-11-14-9-10-15-11/h9-10,17H,2-8H2,1H3,(H,14,15)(H,16,18). The van der Waals surface area contributed by atoms with Gasteiger partial charge in [-0.1, -0.05) is 0 Å². The van der Waals surface area contributed by atoms with Crippen LogP contribution in [-0.4, -0.2) is 34.5 Å². The lowest BCUT2D eigenvalue weighted by molar-refractivity contribution is -0.127. The third kappa shape index (κ3) is 3.32. The van der Waals surface area contributed by atoms with Crippen molar-refractivity contribution in [3.8, 4) is 0 Å². The molecule has 1 aliphatic rings. The molecule has 0 bridgehead atoms. The maximum Gasteiger partial charge on any atom is 0.240 e. The van der Waals surface area contributed by atoms with Gasteiger partial charge in [-0.15, -0.1) is 0 Å². The molecule has 0 aromatic carbocycles. The summed E-state index contributed by atoms with van der Waals surface area (Å²) < 4.78 is 0. The van der Waals surface area contributed by atoms with Crippen LogP contribution in [0.3, 0.4) is 0 Å². The zero-order chi connectivity index (χ0) is 12.8.